The van der Waals surface area contributed by atoms with Gasteiger partial charge in [0.1, 0.15) is 12.4 Å². The van der Waals surface area contributed by atoms with Gasteiger partial charge < -0.3 is 23.8 Å². The lowest BCUT2D eigenvalue weighted by atomic mass is 10.1. The molecule has 0 N–H and O–H groups in total. The van der Waals surface area contributed by atoms with Gasteiger partial charge in [-0.2, -0.15) is 0 Å². The van der Waals surface area contributed by atoms with E-state index in [9.17, 15) is 4.79 Å². The average Bonchev–Trinajstić information content (AvgIpc) is 3.18. The van der Waals surface area contributed by atoms with Crippen molar-refractivity contribution in [1.82, 2.24) is 4.90 Å². The number of amides is 1. The Bertz CT molecular complexity index is 1130. The normalized spacial score (nSPS) is 14.5. The molecule has 0 fully saturated rings. The Balaban J connectivity index is 1.26. The Labute approximate surface area is 191 Å². The number of halogens is 1. The Kier molecular flexibility index (Phi) is 5.88. The minimum absolute atomic E-state index is 0.0656. The van der Waals surface area contributed by atoms with Crippen molar-refractivity contribution in [3.05, 3.63) is 87.9 Å². The molecule has 0 bridgehead atoms. The number of fused-ring (bicyclic) bond motifs is 2. The molecule has 164 valence electrons. The summed E-state index contributed by atoms with van der Waals surface area (Å²) in [5, 5.41) is 0.708. The Morgan fingerprint density at radius 3 is 2.50 bits per heavy atom. The highest BCUT2D eigenvalue weighted by Crippen LogP contribution is 2.33. The van der Waals surface area contributed by atoms with Gasteiger partial charge in [0.15, 0.2) is 11.5 Å². The lowest BCUT2D eigenvalue weighted by Crippen LogP contribution is -2.32. The van der Waals surface area contributed by atoms with Crippen molar-refractivity contribution in [2.45, 2.75) is 19.8 Å². The monoisotopic (exact) mass is 451 g/mol. The van der Waals surface area contributed by atoms with Crippen LogP contribution in [0.15, 0.2) is 60.7 Å². The maximum Gasteiger partial charge on any atom is 0.254 e. The van der Waals surface area contributed by atoms with E-state index < -0.39 is 0 Å². The van der Waals surface area contributed by atoms with E-state index in [0.717, 1.165) is 22.4 Å². The molecule has 0 saturated heterocycles. The van der Waals surface area contributed by atoms with Gasteiger partial charge in [-0.05, 0) is 53.6 Å². The summed E-state index contributed by atoms with van der Waals surface area (Å²) in [6.07, 6.45) is 0. The van der Waals surface area contributed by atoms with E-state index in [1.807, 2.05) is 42.5 Å². The molecule has 0 aliphatic carbocycles. The van der Waals surface area contributed by atoms with Gasteiger partial charge >= 0.3 is 0 Å². The predicted octanol–water partition coefficient (Wildman–Crippen LogP) is 4.82. The third kappa shape index (κ3) is 4.52. The standard InChI is InChI=1S/C25H22ClNO5/c26-21-5-1-17(2-6-21)14-29-15-18-3-7-22-20(11-18)13-27(9-10-30-22)25(28)19-4-8-23-24(12-19)32-16-31-23/h1-8,11-12H,9-10,13-16H2. The summed E-state index contributed by atoms with van der Waals surface area (Å²) in [6, 6.07) is 18.9. The molecule has 2 aliphatic heterocycles. The van der Waals surface area contributed by atoms with Crippen LogP contribution in [0.4, 0.5) is 0 Å². The van der Waals surface area contributed by atoms with Crippen LogP contribution in [-0.2, 0) is 24.5 Å². The van der Waals surface area contributed by atoms with Crippen LogP contribution in [0.5, 0.6) is 17.2 Å². The fourth-order valence-electron chi connectivity index (χ4n) is 3.79. The maximum atomic E-state index is 13.1. The van der Waals surface area contributed by atoms with Crippen molar-refractivity contribution in [2.75, 3.05) is 19.9 Å². The molecule has 7 heteroatoms. The van der Waals surface area contributed by atoms with E-state index in [1.54, 1.807) is 23.1 Å². The molecule has 3 aromatic carbocycles. The first-order valence-electron chi connectivity index (χ1n) is 10.4. The number of nitrogens with zero attached hydrogens (tertiary/aromatic N) is 1. The summed E-state index contributed by atoms with van der Waals surface area (Å²) in [7, 11) is 0. The van der Waals surface area contributed by atoms with E-state index in [2.05, 4.69) is 0 Å². The molecule has 0 spiro atoms. The molecule has 0 aromatic heterocycles. The topological polar surface area (TPSA) is 57.2 Å². The molecular weight excluding hydrogens is 430 g/mol. The van der Waals surface area contributed by atoms with Crippen LogP contribution < -0.4 is 14.2 Å². The Morgan fingerprint density at radius 1 is 0.875 bits per heavy atom. The summed E-state index contributed by atoms with van der Waals surface area (Å²) >= 11 is 5.93. The van der Waals surface area contributed by atoms with Gasteiger partial charge in [0.25, 0.3) is 5.91 Å². The van der Waals surface area contributed by atoms with Gasteiger partial charge in [-0.3, -0.25) is 4.79 Å². The van der Waals surface area contributed by atoms with E-state index in [0.29, 0.717) is 55.0 Å². The maximum absolute atomic E-state index is 13.1. The zero-order valence-corrected chi connectivity index (χ0v) is 18.1. The number of hydrogen-bond donors (Lipinski definition) is 0. The van der Waals surface area contributed by atoms with Crippen molar-refractivity contribution in [1.29, 1.82) is 0 Å². The number of carbonyl (C=O) groups excluding carboxylic acids is 1. The van der Waals surface area contributed by atoms with E-state index in [1.165, 1.54) is 0 Å². The zero-order chi connectivity index (χ0) is 21.9. The number of hydrogen-bond acceptors (Lipinski definition) is 5. The fraction of sp³-hybridized carbons (Fsp3) is 0.240. The molecule has 6 nitrogen and oxygen atoms in total. The van der Waals surface area contributed by atoms with Crippen LogP contribution in [0, 0.1) is 0 Å². The van der Waals surface area contributed by atoms with Crippen molar-refractivity contribution < 1.29 is 23.7 Å². The van der Waals surface area contributed by atoms with Gasteiger partial charge in [-0.25, -0.2) is 0 Å². The molecule has 1 amide bonds. The summed E-state index contributed by atoms with van der Waals surface area (Å²) in [4.78, 5) is 14.9. The van der Waals surface area contributed by atoms with E-state index in [-0.39, 0.29) is 12.7 Å². The van der Waals surface area contributed by atoms with Crippen molar-refractivity contribution in [2.24, 2.45) is 0 Å². The minimum atomic E-state index is -0.0656. The summed E-state index contributed by atoms with van der Waals surface area (Å²) in [5.74, 6) is 1.99. The van der Waals surface area contributed by atoms with Crippen LogP contribution >= 0.6 is 11.6 Å². The molecule has 32 heavy (non-hydrogen) atoms. The van der Waals surface area contributed by atoms with Crippen LogP contribution in [0.3, 0.4) is 0 Å². The minimum Gasteiger partial charge on any atom is -0.491 e. The first-order valence-corrected chi connectivity index (χ1v) is 10.8. The van der Waals surface area contributed by atoms with E-state index >= 15 is 0 Å². The quantitative estimate of drug-likeness (QED) is 0.556. The number of rotatable bonds is 5. The third-order valence-corrected chi connectivity index (χ3v) is 5.71. The molecule has 5 rings (SSSR count). The first-order chi connectivity index (χ1) is 15.7. The lowest BCUT2D eigenvalue weighted by molar-refractivity contribution is 0.0732. The summed E-state index contributed by atoms with van der Waals surface area (Å²) < 4.78 is 22.5. The second-order valence-electron chi connectivity index (χ2n) is 7.70. The summed E-state index contributed by atoms with van der Waals surface area (Å²) in [5.41, 5.74) is 3.62. The first kappa shape index (κ1) is 20.7. The predicted molar refractivity (Wildman–Crippen MR) is 119 cm³/mol. The van der Waals surface area contributed by atoms with Crippen molar-refractivity contribution in [3.8, 4) is 17.2 Å². The van der Waals surface area contributed by atoms with Crippen molar-refractivity contribution in [3.63, 3.8) is 0 Å². The molecule has 0 unspecified atom stereocenters. The zero-order valence-electron chi connectivity index (χ0n) is 17.4. The largest absolute Gasteiger partial charge is 0.491 e. The molecular formula is C25H22ClNO5. The van der Waals surface area contributed by atoms with Gasteiger partial charge in [0, 0.05) is 22.7 Å². The lowest BCUT2D eigenvalue weighted by Gasteiger charge is -2.20. The van der Waals surface area contributed by atoms with Gasteiger partial charge in [0.05, 0.1) is 19.8 Å². The molecule has 2 aliphatic rings. The van der Waals surface area contributed by atoms with Crippen LogP contribution in [0.25, 0.3) is 0 Å². The summed E-state index contributed by atoms with van der Waals surface area (Å²) in [6.45, 7) is 2.56. The molecule has 0 atom stereocenters. The number of benzene rings is 3. The number of ether oxygens (including phenoxy) is 4. The average molecular weight is 452 g/mol. The van der Waals surface area contributed by atoms with E-state index in [4.69, 9.17) is 30.5 Å². The van der Waals surface area contributed by atoms with Crippen molar-refractivity contribution >= 4 is 17.5 Å². The van der Waals surface area contributed by atoms with Crippen LogP contribution in [0.1, 0.15) is 27.0 Å². The molecule has 0 radical (unpaired) electrons. The molecule has 0 saturated carbocycles. The Morgan fingerprint density at radius 2 is 1.62 bits per heavy atom. The third-order valence-electron chi connectivity index (χ3n) is 5.46. The molecule has 3 aromatic rings. The van der Waals surface area contributed by atoms with Crippen LogP contribution in [0.2, 0.25) is 5.02 Å². The second-order valence-corrected chi connectivity index (χ2v) is 8.14. The second kappa shape index (κ2) is 9.10. The highest BCUT2D eigenvalue weighted by atomic mass is 35.5. The Hall–Kier alpha value is -3.22. The fourth-order valence-corrected chi connectivity index (χ4v) is 3.92. The van der Waals surface area contributed by atoms with Gasteiger partial charge in [-0.1, -0.05) is 29.8 Å². The molecule has 2 heterocycles. The smallest absolute Gasteiger partial charge is 0.254 e. The van der Waals surface area contributed by atoms with Crippen LogP contribution in [-0.4, -0.2) is 30.8 Å². The highest BCUT2D eigenvalue weighted by molar-refractivity contribution is 6.30. The number of carbonyl (C=O) groups is 1. The van der Waals surface area contributed by atoms with Gasteiger partial charge in [0.2, 0.25) is 6.79 Å². The highest BCUT2D eigenvalue weighted by Gasteiger charge is 2.23. The SMILES string of the molecule is O=C(c1ccc2c(c1)OCO2)N1CCOc2ccc(COCc3ccc(Cl)cc3)cc2C1. The van der Waals surface area contributed by atoms with Gasteiger partial charge in [-0.15, -0.1) is 0 Å².